The molecular weight excluding hydrogens is 424 g/mol. The molecule has 0 bridgehead atoms. The second kappa shape index (κ2) is 10.9. The Labute approximate surface area is 196 Å². The van der Waals surface area contributed by atoms with Gasteiger partial charge < -0.3 is 24.6 Å². The smallest absolute Gasteiger partial charge is 0.410 e. The Morgan fingerprint density at radius 1 is 1.12 bits per heavy atom. The van der Waals surface area contributed by atoms with Crippen molar-refractivity contribution in [2.45, 2.75) is 39.7 Å². The van der Waals surface area contributed by atoms with Crippen molar-refractivity contribution in [2.24, 2.45) is 5.92 Å². The van der Waals surface area contributed by atoms with Gasteiger partial charge in [-0.1, -0.05) is 12.1 Å². The summed E-state index contributed by atoms with van der Waals surface area (Å²) in [5, 5.41) is 2.97. The van der Waals surface area contributed by atoms with Gasteiger partial charge in [0.1, 0.15) is 11.4 Å². The van der Waals surface area contributed by atoms with Gasteiger partial charge >= 0.3 is 6.09 Å². The van der Waals surface area contributed by atoms with Crippen molar-refractivity contribution in [2.75, 3.05) is 57.3 Å². The number of amides is 3. The van der Waals surface area contributed by atoms with Gasteiger partial charge in [0.2, 0.25) is 11.8 Å². The number of piperazine rings is 1. The molecule has 0 aromatic heterocycles. The molecule has 9 heteroatoms. The van der Waals surface area contributed by atoms with E-state index >= 15 is 0 Å². The fraction of sp³-hybridized carbons (Fsp3) is 0.625. The molecule has 0 saturated carbocycles. The van der Waals surface area contributed by atoms with Gasteiger partial charge in [-0.15, -0.1) is 0 Å². The zero-order chi connectivity index (χ0) is 24.0. The standard InChI is InChI=1S/C24H36N4O5/c1-5-32-20-9-7-6-8-19(20)28-17-18(16-21(28)29)22(30)25-10-11-26-12-14-27(15-13-26)23(31)33-24(2,3)4/h6-9,18H,5,10-17H2,1-4H3,(H,25,30). The number of nitrogens with one attached hydrogen (secondary N) is 1. The van der Waals surface area contributed by atoms with Crippen LogP contribution >= 0.6 is 0 Å². The van der Waals surface area contributed by atoms with E-state index in [1.54, 1.807) is 9.80 Å². The molecule has 33 heavy (non-hydrogen) atoms. The first-order valence-corrected chi connectivity index (χ1v) is 11.7. The number of hydrogen-bond acceptors (Lipinski definition) is 6. The van der Waals surface area contributed by atoms with Crippen LogP contribution in [0, 0.1) is 5.92 Å². The van der Waals surface area contributed by atoms with Crippen LogP contribution in [0.1, 0.15) is 34.1 Å². The molecule has 3 amide bonds. The summed E-state index contributed by atoms with van der Waals surface area (Å²) >= 11 is 0. The molecule has 2 fully saturated rings. The monoisotopic (exact) mass is 460 g/mol. The Hall–Kier alpha value is -2.81. The topological polar surface area (TPSA) is 91.4 Å². The second-order valence-electron chi connectivity index (χ2n) is 9.41. The van der Waals surface area contributed by atoms with Crippen molar-refractivity contribution in [3.63, 3.8) is 0 Å². The third-order valence-electron chi connectivity index (χ3n) is 5.70. The van der Waals surface area contributed by atoms with E-state index in [0.717, 1.165) is 13.1 Å². The summed E-state index contributed by atoms with van der Waals surface area (Å²) < 4.78 is 11.1. The molecule has 3 rings (SSSR count). The minimum Gasteiger partial charge on any atom is -0.492 e. The van der Waals surface area contributed by atoms with Crippen LogP contribution in [0.2, 0.25) is 0 Å². The van der Waals surface area contributed by atoms with E-state index in [1.807, 2.05) is 52.0 Å². The van der Waals surface area contributed by atoms with Crippen LogP contribution < -0.4 is 15.0 Å². The van der Waals surface area contributed by atoms with Crippen molar-refractivity contribution in [3.05, 3.63) is 24.3 Å². The van der Waals surface area contributed by atoms with E-state index in [4.69, 9.17) is 9.47 Å². The molecule has 2 saturated heterocycles. The first-order valence-electron chi connectivity index (χ1n) is 11.7. The van der Waals surface area contributed by atoms with Crippen LogP contribution in [0.3, 0.4) is 0 Å². The summed E-state index contributed by atoms with van der Waals surface area (Å²) in [6.07, 6.45) is -0.0854. The molecule has 1 N–H and O–H groups in total. The Kier molecular flexibility index (Phi) is 8.18. The SMILES string of the molecule is CCOc1ccccc1N1CC(C(=O)NCCN2CCN(C(=O)OC(C)(C)C)CC2)CC1=O. The van der Waals surface area contributed by atoms with E-state index in [-0.39, 0.29) is 30.2 Å². The fourth-order valence-electron chi connectivity index (χ4n) is 4.04. The third kappa shape index (κ3) is 6.83. The molecule has 2 heterocycles. The molecule has 9 nitrogen and oxygen atoms in total. The molecule has 2 aliphatic heterocycles. The number of anilines is 1. The summed E-state index contributed by atoms with van der Waals surface area (Å²) in [7, 11) is 0. The number of ether oxygens (including phenoxy) is 2. The summed E-state index contributed by atoms with van der Waals surface area (Å²) in [6, 6.07) is 7.41. The summed E-state index contributed by atoms with van der Waals surface area (Å²) in [6.45, 7) is 12.2. The highest BCUT2D eigenvalue weighted by Gasteiger charge is 2.36. The van der Waals surface area contributed by atoms with E-state index in [9.17, 15) is 14.4 Å². The largest absolute Gasteiger partial charge is 0.492 e. The van der Waals surface area contributed by atoms with Crippen LogP contribution in [0.4, 0.5) is 10.5 Å². The highest BCUT2D eigenvalue weighted by Crippen LogP contribution is 2.33. The predicted molar refractivity (Wildman–Crippen MR) is 125 cm³/mol. The zero-order valence-electron chi connectivity index (χ0n) is 20.1. The minimum absolute atomic E-state index is 0.0689. The highest BCUT2D eigenvalue weighted by atomic mass is 16.6. The van der Waals surface area contributed by atoms with Gasteiger partial charge in [0.25, 0.3) is 0 Å². The lowest BCUT2D eigenvalue weighted by Crippen LogP contribution is -2.51. The lowest BCUT2D eigenvalue weighted by molar-refractivity contribution is -0.126. The van der Waals surface area contributed by atoms with Crippen LogP contribution in [-0.4, -0.2) is 85.7 Å². The minimum atomic E-state index is -0.499. The fourth-order valence-corrected chi connectivity index (χ4v) is 4.04. The number of carbonyl (C=O) groups excluding carboxylic acids is 3. The first kappa shape index (κ1) is 24.8. The lowest BCUT2D eigenvalue weighted by atomic mass is 10.1. The van der Waals surface area contributed by atoms with Gasteiger partial charge in [0.15, 0.2) is 0 Å². The summed E-state index contributed by atoms with van der Waals surface area (Å²) in [4.78, 5) is 43.0. The number of hydrogen-bond donors (Lipinski definition) is 1. The van der Waals surface area contributed by atoms with Gasteiger partial charge in [-0.2, -0.15) is 0 Å². The summed E-state index contributed by atoms with van der Waals surface area (Å²) in [5.41, 5.74) is 0.211. The van der Waals surface area contributed by atoms with E-state index < -0.39 is 5.60 Å². The number of rotatable bonds is 7. The molecule has 1 aromatic carbocycles. The van der Waals surface area contributed by atoms with Gasteiger partial charge in [-0.3, -0.25) is 14.5 Å². The van der Waals surface area contributed by atoms with Gasteiger partial charge in [-0.25, -0.2) is 4.79 Å². The van der Waals surface area contributed by atoms with Crippen LogP contribution in [-0.2, 0) is 14.3 Å². The maximum absolute atomic E-state index is 12.7. The van der Waals surface area contributed by atoms with Crippen molar-refractivity contribution in [1.29, 1.82) is 0 Å². The van der Waals surface area contributed by atoms with Crippen molar-refractivity contribution >= 4 is 23.6 Å². The lowest BCUT2D eigenvalue weighted by Gasteiger charge is -2.35. The molecule has 0 aliphatic carbocycles. The Balaban J connectivity index is 1.41. The number of nitrogens with zero attached hydrogens (tertiary/aromatic N) is 3. The molecule has 182 valence electrons. The third-order valence-corrected chi connectivity index (χ3v) is 5.70. The van der Waals surface area contributed by atoms with E-state index in [1.165, 1.54) is 0 Å². The Morgan fingerprint density at radius 3 is 2.48 bits per heavy atom. The normalized spacial score (nSPS) is 19.5. The van der Waals surface area contributed by atoms with E-state index in [0.29, 0.717) is 50.8 Å². The maximum Gasteiger partial charge on any atom is 0.410 e. The van der Waals surface area contributed by atoms with Gasteiger partial charge in [-0.05, 0) is 39.8 Å². The number of carbonyl (C=O) groups is 3. The number of para-hydroxylation sites is 2. The number of benzene rings is 1. The Bertz CT molecular complexity index is 846. The zero-order valence-corrected chi connectivity index (χ0v) is 20.1. The molecule has 1 aromatic rings. The maximum atomic E-state index is 12.7. The van der Waals surface area contributed by atoms with Crippen molar-refractivity contribution in [3.8, 4) is 5.75 Å². The van der Waals surface area contributed by atoms with E-state index in [2.05, 4.69) is 10.2 Å². The molecule has 1 atom stereocenters. The average Bonchev–Trinajstić information content (AvgIpc) is 3.15. The second-order valence-corrected chi connectivity index (χ2v) is 9.41. The van der Waals surface area contributed by atoms with Crippen molar-refractivity contribution < 1.29 is 23.9 Å². The first-order chi connectivity index (χ1) is 15.7. The highest BCUT2D eigenvalue weighted by molar-refractivity contribution is 6.01. The Morgan fingerprint density at radius 2 is 1.82 bits per heavy atom. The molecule has 0 radical (unpaired) electrons. The summed E-state index contributed by atoms with van der Waals surface area (Å²) in [5.74, 6) is 0.101. The van der Waals surface area contributed by atoms with Crippen molar-refractivity contribution in [1.82, 2.24) is 15.1 Å². The van der Waals surface area contributed by atoms with Gasteiger partial charge in [0, 0.05) is 52.2 Å². The quantitative estimate of drug-likeness (QED) is 0.670. The van der Waals surface area contributed by atoms with Crippen LogP contribution in [0.25, 0.3) is 0 Å². The molecular formula is C24H36N4O5. The van der Waals surface area contributed by atoms with Crippen LogP contribution in [0.15, 0.2) is 24.3 Å². The molecule has 0 spiro atoms. The molecule has 2 aliphatic rings. The molecule has 1 unspecified atom stereocenters. The van der Waals surface area contributed by atoms with Gasteiger partial charge in [0.05, 0.1) is 18.2 Å². The van der Waals surface area contributed by atoms with Crippen LogP contribution in [0.5, 0.6) is 5.75 Å². The predicted octanol–water partition coefficient (Wildman–Crippen LogP) is 2.11. The average molecular weight is 461 g/mol.